The van der Waals surface area contributed by atoms with E-state index in [1.165, 1.54) is 19.1 Å². The number of carbonyl (C=O) groups is 7. The highest BCUT2D eigenvalue weighted by molar-refractivity contribution is 8.01. The number of hydrogen-bond donors (Lipinski definition) is 1. The number of methoxy groups -OCH3 is 1. The topological polar surface area (TPSA) is 199 Å². The van der Waals surface area contributed by atoms with Gasteiger partial charge in [0.1, 0.15) is 29.6 Å². The molecule has 2 fully saturated rings. The average molecular weight is 787 g/mol. The van der Waals surface area contributed by atoms with Crippen molar-refractivity contribution >= 4 is 53.7 Å². The Hall–Kier alpha value is -5.16. The zero-order valence-electron chi connectivity index (χ0n) is 32.3. The van der Waals surface area contributed by atoms with E-state index in [-0.39, 0.29) is 12.0 Å². The molecule has 1 N–H and O–H groups in total. The molecule has 0 aliphatic carbocycles. The van der Waals surface area contributed by atoms with Crippen LogP contribution in [0.3, 0.4) is 0 Å². The maximum absolute atomic E-state index is 13.8. The van der Waals surface area contributed by atoms with E-state index in [0.29, 0.717) is 26.7 Å². The molecular weight excluding hydrogens is 740 g/mol. The molecule has 2 aliphatic rings. The van der Waals surface area contributed by atoms with Crippen molar-refractivity contribution in [3.8, 4) is 5.75 Å². The minimum Gasteiger partial charge on any atom is -0.466 e. The fraction of sp³-hybridized carbons (Fsp3) is 0.500. The number of carbonyl (C=O) groups excluding carboxylic acids is 7. The van der Waals surface area contributed by atoms with Gasteiger partial charge < -0.3 is 38.5 Å². The number of benzene rings is 2. The monoisotopic (exact) mass is 786 g/mol. The summed E-state index contributed by atoms with van der Waals surface area (Å²) in [6, 6.07) is 8.68. The summed E-state index contributed by atoms with van der Waals surface area (Å²) in [6.07, 6.45) is -8.69. The van der Waals surface area contributed by atoms with Crippen molar-refractivity contribution in [2.24, 2.45) is 0 Å². The predicted molar refractivity (Wildman–Crippen MR) is 194 cm³/mol. The summed E-state index contributed by atoms with van der Waals surface area (Å²) >= 11 is 0.940. The predicted octanol–water partition coefficient (Wildman–Crippen LogP) is 4.71. The number of nitrogens with zero attached hydrogens (tertiary/aromatic N) is 1. The lowest BCUT2D eigenvalue weighted by Gasteiger charge is -2.47. The SMILES string of the molecule is COC(=O)[C@@]1(Sc2ccc(C)cc2)C[C@@H]2OC(=O)N(C(=O)OC(C)(C)C)[C@H]2[C@H]([C@H](OC(C)=O)[C@@H](CNC(=O)c2cc(C)c(OC(C)=O)c(C)c2)OC(C)=O)O1. The zero-order valence-corrected chi connectivity index (χ0v) is 33.2. The number of thioether (sulfide) groups is 1. The zero-order chi connectivity index (χ0) is 41.0. The number of hydrogen-bond acceptors (Lipinski definition) is 15. The highest BCUT2D eigenvalue weighted by Gasteiger charge is 2.64. The number of aryl methyl sites for hydroxylation is 3. The summed E-state index contributed by atoms with van der Waals surface area (Å²) in [5.74, 6) is -3.52. The molecule has 4 rings (SSSR count). The molecule has 16 nitrogen and oxygen atoms in total. The molecule has 2 aromatic rings. The molecule has 2 aromatic carbocycles. The van der Waals surface area contributed by atoms with E-state index in [4.69, 9.17) is 33.2 Å². The summed E-state index contributed by atoms with van der Waals surface area (Å²) in [6.45, 7) is 12.9. The van der Waals surface area contributed by atoms with Crippen molar-refractivity contribution in [2.75, 3.05) is 13.7 Å². The highest BCUT2D eigenvalue weighted by Crippen LogP contribution is 2.48. The van der Waals surface area contributed by atoms with Crippen molar-refractivity contribution in [3.63, 3.8) is 0 Å². The molecule has 0 unspecified atom stereocenters. The first-order valence-electron chi connectivity index (χ1n) is 17.3. The van der Waals surface area contributed by atoms with Gasteiger partial charge in [-0.1, -0.05) is 29.5 Å². The van der Waals surface area contributed by atoms with Crippen LogP contribution in [0.5, 0.6) is 5.75 Å². The molecule has 2 saturated heterocycles. The van der Waals surface area contributed by atoms with E-state index in [1.54, 1.807) is 46.8 Å². The molecule has 0 radical (unpaired) electrons. The van der Waals surface area contributed by atoms with Gasteiger partial charge in [-0.15, -0.1) is 0 Å². The third-order valence-corrected chi connectivity index (χ3v) is 9.66. The molecule has 3 amide bonds. The van der Waals surface area contributed by atoms with Crippen LogP contribution in [-0.2, 0) is 47.6 Å². The Morgan fingerprint density at radius 3 is 2.07 bits per heavy atom. The van der Waals surface area contributed by atoms with Gasteiger partial charge >= 0.3 is 36.1 Å². The average Bonchev–Trinajstić information content (AvgIpc) is 3.41. The molecule has 55 heavy (non-hydrogen) atoms. The third kappa shape index (κ3) is 10.3. The van der Waals surface area contributed by atoms with Gasteiger partial charge in [-0.3, -0.25) is 19.2 Å². The van der Waals surface area contributed by atoms with Crippen LogP contribution in [-0.4, -0.2) is 102 Å². The molecule has 0 saturated carbocycles. The molecule has 6 atom stereocenters. The van der Waals surface area contributed by atoms with Crippen LogP contribution in [0.4, 0.5) is 9.59 Å². The van der Waals surface area contributed by atoms with E-state index >= 15 is 0 Å². The van der Waals surface area contributed by atoms with Crippen molar-refractivity contribution < 1.29 is 66.7 Å². The Labute approximate surface area is 322 Å². The lowest BCUT2D eigenvalue weighted by Crippen LogP contribution is -2.66. The van der Waals surface area contributed by atoms with Crippen LogP contribution in [0.15, 0.2) is 41.3 Å². The second-order valence-corrected chi connectivity index (χ2v) is 15.5. The van der Waals surface area contributed by atoms with Crippen molar-refractivity contribution in [1.29, 1.82) is 0 Å². The number of nitrogens with one attached hydrogen (secondary N) is 1. The van der Waals surface area contributed by atoms with Gasteiger partial charge in [0.15, 0.2) is 12.2 Å². The summed E-state index contributed by atoms with van der Waals surface area (Å²) in [5, 5.41) is 2.67. The van der Waals surface area contributed by atoms with Gasteiger partial charge in [0.05, 0.1) is 13.7 Å². The van der Waals surface area contributed by atoms with Crippen LogP contribution >= 0.6 is 11.8 Å². The molecule has 17 heteroatoms. The second-order valence-electron chi connectivity index (χ2n) is 14.2. The quantitative estimate of drug-likeness (QED) is 0.187. The number of esters is 4. The minimum absolute atomic E-state index is 0.163. The van der Waals surface area contributed by atoms with Crippen LogP contribution < -0.4 is 10.1 Å². The van der Waals surface area contributed by atoms with Gasteiger partial charge in [-0.2, -0.15) is 0 Å². The number of imide groups is 1. The van der Waals surface area contributed by atoms with Crippen molar-refractivity contribution in [2.45, 2.75) is 115 Å². The fourth-order valence-electron chi connectivity index (χ4n) is 6.29. The molecule has 2 heterocycles. The Morgan fingerprint density at radius 2 is 1.55 bits per heavy atom. The summed E-state index contributed by atoms with van der Waals surface area (Å²) in [7, 11) is 1.14. The lowest BCUT2D eigenvalue weighted by atomic mass is 9.89. The smallest absolute Gasteiger partial charge is 0.420 e. The molecule has 298 valence electrons. The van der Waals surface area contributed by atoms with E-state index in [2.05, 4.69) is 5.32 Å². The number of fused-ring (bicyclic) bond motifs is 1. The van der Waals surface area contributed by atoms with Crippen LogP contribution in [0, 0.1) is 20.8 Å². The maximum Gasteiger partial charge on any atom is 0.420 e. The summed E-state index contributed by atoms with van der Waals surface area (Å²) < 4.78 is 39.8. The standard InChI is InChI=1S/C38H46N2O14S/c1-19-11-13-26(14-12-19)55-38(34(45)48-10)17-27-29(40(35(46)52-27)36(47)54-37(7,8)9)32(53-38)31(51-24(6)43)28(49-22(4)41)18-39-33(44)25-15-20(2)30(21(3)16-25)50-23(5)42/h11-16,27-29,31-32H,17-18H2,1-10H3,(H,39,44)/t27-,28+,29+,31+,32+,38-/m0/s1. The number of rotatable bonds is 11. The largest absolute Gasteiger partial charge is 0.466 e. The maximum atomic E-state index is 13.8. The Morgan fingerprint density at radius 1 is 0.945 bits per heavy atom. The molecule has 2 aliphatic heterocycles. The number of amides is 3. The first kappa shape index (κ1) is 42.6. The van der Waals surface area contributed by atoms with Gasteiger partial charge in [0, 0.05) is 37.7 Å². The first-order valence-corrected chi connectivity index (χ1v) is 18.1. The Bertz CT molecular complexity index is 1820. The lowest BCUT2D eigenvalue weighted by molar-refractivity contribution is -0.214. The molecule has 0 spiro atoms. The number of ether oxygens (including phenoxy) is 7. The van der Waals surface area contributed by atoms with E-state index in [1.807, 2.05) is 19.1 Å². The summed E-state index contributed by atoms with van der Waals surface area (Å²) in [4.78, 5) is 90.8. The van der Waals surface area contributed by atoms with Crippen LogP contribution in [0.2, 0.25) is 0 Å². The second kappa shape index (κ2) is 17.1. The van der Waals surface area contributed by atoms with Crippen molar-refractivity contribution in [1.82, 2.24) is 10.2 Å². The van der Waals surface area contributed by atoms with Gasteiger partial charge in [0.25, 0.3) is 5.91 Å². The van der Waals surface area contributed by atoms with Gasteiger partial charge in [-0.25, -0.2) is 19.3 Å². The summed E-state index contributed by atoms with van der Waals surface area (Å²) in [5.41, 5.74) is 1.02. The molecule has 0 bridgehead atoms. The normalized spacial score (nSPS) is 21.6. The first-order chi connectivity index (χ1) is 25.6. The van der Waals surface area contributed by atoms with Crippen LogP contribution in [0.25, 0.3) is 0 Å². The van der Waals surface area contributed by atoms with E-state index in [9.17, 15) is 33.6 Å². The fourth-order valence-corrected chi connectivity index (χ4v) is 7.52. The Kier molecular flexibility index (Phi) is 13.2. The van der Waals surface area contributed by atoms with Crippen molar-refractivity contribution in [3.05, 3.63) is 58.7 Å². The Balaban J connectivity index is 1.82. The van der Waals surface area contributed by atoms with Gasteiger partial charge in [-0.05, 0) is 76.9 Å². The highest BCUT2D eigenvalue weighted by atomic mass is 32.2. The molecule has 0 aromatic heterocycles. The minimum atomic E-state index is -1.97. The van der Waals surface area contributed by atoms with E-state index < -0.39 is 89.5 Å². The van der Waals surface area contributed by atoms with Gasteiger partial charge in [0.2, 0.25) is 4.93 Å². The molecular formula is C38H46N2O14S. The van der Waals surface area contributed by atoms with E-state index in [0.717, 1.165) is 38.3 Å². The van der Waals surface area contributed by atoms with Crippen LogP contribution in [0.1, 0.15) is 75.0 Å². The third-order valence-electron chi connectivity index (χ3n) is 8.39.